The second-order valence-corrected chi connectivity index (χ2v) is 19.4. The number of nitrogens with one attached hydrogen (secondary N) is 5. The number of likely N-dealkylation sites (N-methyl/N-ethyl adjacent to an activating group) is 2. The number of ether oxygens (including phenoxy) is 1. The minimum Gasteiger partial charge on any atom is -0.445 e. The highest BCUT2D eigenvalue weighted by Crippen LogP contribution is 2.47. The van der Waals surface area contributed by atoms with E-state index in [0.717, 1.165) is 25.7 Å². The molecule has 2 rings (SSSR count). The lowest BCUT2D eigenvalue weighted by Crippen LogP contribution is -2.54. The largest absolute Gasteiger partial charge is 0.445 e. The molecule has 5 N–H and O–H groups in total. The number of Topliss-reactive ketones (excluding diaryl/α,β-unsaturated/α-hetero) is 1. The van der Waals surface area contributed by atoms with E-state index in [4.69, 9.17) is 4.74 Å². The lowest BCUT2D eigenvalue weighted by molar-refractivity contribution is -0.137. The lowest BCUT2D eigenvalue weighted by atomic mass is 9.76. The Morgan fingerprint density at radius 1 is 0.697 bits per heavy atom. The monoisotopic (exact) mass is 926 g/mol. The molecule has 66 heavy (non-hydrogen) atoms. The molecule has 1 aromatic carbocycles. The second kappa shape index (κ2) is 28.2. The van der Waals surface area contributed by atoms with Crippen molar-refractivity contribution in [3.63, 3.8) is 0 Å². The Labute approximate surface area is 394 Å². The summed E-state index contributed by atoms with van der Waals surface area (Å²) in [5.74, 6) is -0.354. The van der Waals surface area contributed by atoms with Gasteiger partial charge in [0.15, 0.2) is 0 Å². The highest BCUT2D eigenvalue weighted by atomic mass is 16.6. The number of carbonyl (C=O) groups is 8. The average Bonchev–Trinajstić information content (AvgIpc) is 3.83. The molecule has 0 radical (unpaired) electrons. The van der Waals surface area contributed by atoms with Crippen molar-refractivity contribution in [1.29, 1.82) is 0 Å². The molecule has 8 unspecified atom stereocenters. The predicted molar refractivity (Wildman–Crippen MR) is 257 cm³/mol. The molecule has 0 spiro atoms. The summed E-state index contributed by atoms with van der Waals surface area (Å²) in [6, 6.07) is 4.65. The Balaban J connectivity index is 1.83. The van der Waals surface area contributed by atoms with Crippen LogP contribution in [-0.4, -0.2) is 109 Å². The lowest BCUT2D eigenvalue weighted by Gasteiger charge is -2.41. The molecule has 0 heterocycles. The maximum atomic E-state index is 13.5. The highest BCUT2D eigenvalue weighted by Gasteiger charge is 2.43. The third kappa shape index (κ3) is 18.7. The number of ketones is 1. The van der Waals surface area contributed by atoms with Crippen molar-refractivity contribution < 1.29 is 43.1 Å². The number of hydrogen-bond donors (Lipinski definition) is 5. The minimum absolute atomic E-state index is 0.0257. The van der Waals surface area contributed by atoms with E-state index in [0.29, 0.717) is 54.8 Å². The SMILES string of the molecule is CCC(C)C(CC(C)=O)C(C(C)CC)N(C)C(=O)CNC(=O)C(C(C)C)N(C)C(=O)OCc1ccc(NC(=O)CNC(=O)C(NC(=O)CCCCCNC(=O)CC2C(C)C2C)C(C)C)cc1. The maximum absolute atomic E-state index is 13.5. The third-order valence-electron chi connectivity index (χ3n) is 13.6. The maximum Gasteiger partial charge on any atom is 0.410 e. The van der Waals surface area contributed by atoms with Gasteiger partial charge in [0.05, 0.1) is 13.1 Å². The van der Waals surface area contributed by atoms with E-state index in [2.05, 4.69) is 68.1 Å². The first kappa shape index (κ1) is 57.1. The van der Waals surface area contributed by atoms with Crippen molar-refractivity contribution in [3.8, 4) is 0 Å². The van der Waals surface area contributed by atoms with Crippen molar-refractivity contribution in [3.05, 3.63) is 29.8 Å². The molecule has 372 valence electrons. The van der Waals surface area contributed by atoms with E-state index in [1.165, 1.54) is 11.9 Å². The molecule has 0 bridgehead atoms. The minimum atomic E-state index is -0.927. The number of unbranched alkanes of at least 4 members (excludes halogenated alkanes) is 2. The molecule has 0 aliphatic heterocycles. The zero-order valence-corrected chi connectivity index (χ0v) is 42.2. The van der Waals surface area contributed by atoms with E-state index >= 15 is 0 Å². The van der Waals surface area contributed by atoms with Crippen molar-refractivity contribution in [2.24, 2.45) is 47.3 Å². The van der Waals surface area contributed by atoms with Crippen LogP contribution in [0.5, 0.6) is 0 Å². The smallest absolute Gasteiger partial charge is 0.410 e. The van der Waals surface area contributed by atoms with E-state index in [1.54, 1.807) is 57.0 Å². The molecule has 1 aromatic rings. The summed E-state index contributed by atoms with van der Waals surface area (Å²) < 4.78 is 5.54. The molecule has 1 saturated carbocycles. The zero-order valence-electron chi connectivity index (χ0n) is 42.2. The number of hydrogen-bond acceptors (Lipinski definition) is 9. The summed E-state index contributed by atoms with van der Waals surface area (Å²) in [5.41, 5.74) is 1.07. The molecule has 1 aliphatic rings. The average molecular weight is 926 g/mol. The van der Waals surface area contributed by atoms with Gasteiger partial charge in [-0.25, -0.2) is 4.79 Å². The Morgan fingerprint density at radius 2 is 1.30 bits per heavy atom. The molecular formula is C50H83N7O9. The van der Waals surface area contributed by atoms with Crippen LogP contribution in [0.3, 0.4) is 0 Å². The molecule has 16 nitrogen and oxygen atoms in total. The zero-order chi connectivity index (χ0) is 49.8. The van der Waals surface area contributed by atoms with Gasteiger partial charge >= 0.3 is 6.09 Å². The van der Waals surface area contributed by atoms with Gasteiger partial charge in [0, 0.05) is 51.6 Å². The van der Waals surface area contributed by atoms with Crippen LogP contribution in [0.15, 0.2) is 24.3 Å². The normalized spacial score (nSPS) is 18.1. The summed E-state index contributed by atoms with van der Waals surface area (Å²) in [6.07, 6.45) is 4.28. The van der Waals surface area contributed by atoms with Gasteiger partial charge in [-0.2, -0.15) is 0 Å². The summed E-state index contributed by atoms with van der Waals surface area (Å²) in [6.45, 7) is 21.3. The molecule has 7 amide bonds. The van der Waals surface area contributed by atoms with Crippen molar-refractivity contribution in [2.45, 2.75) is 152 Å². The Bertz CT molecular complexity index is 1760. The number of rotatable bonds is 29. The number of benzene rings is 1. The van der Waals surface area contributed by atoms with E-state index in [9.17, 15) is 38.4 Å². The van der Waals surface area contributed by atoms with Gasteiger partial charge in [-0.05, 0) is 84.8 Å². The van der Waals surface area contributed by atoms with Crippen molar-refractivity contribution in [2.75, 3.05) is 39.0 Å². The van der Waals surface area contributed by atoms with E-state index in [1.807, 2.05) is 13.8 Å². The number of anilines is 1. The molecule has 16 heteroatoms. The Morgan fingerprint density at radius 3 is 1.85 bits per heavy atom. The van der Waals surface area contributed by atoms with Gasteiger partial charge < -0.3 is 41.0 Å². The van der Waals surface area contributed by atoms with Crippen LogP contribution >= 0.6 is 0 Å². The molecule has 0 aromatic heterocycles. The van der Waals surface area contributed by atoms with Crippen molar-refractivity contribution in [1.82, 2.24) is 31.1 Å². The Kier molecular flexibility index (Phi) is 24.4. The molecule has 1 fully saturated rings. The molecular weight excluding hydrogens is 843 g/mol. The van der Waals surface area contributed by atoms with Gasteiger partial charge in [-0.1, -0.05) is 101 Å². The fourth-order valence-electron chi connectivity index (χ4n) is 8.66. The standard InChI is InChI=1S/C50H83N7O9/c1-14-32(7)39(25-34(9)58)47(33(8)15-2)56(12)44(62)28-53-49(64)46(31(5)6)57(13)50(65)66-29-37-20-22-38(23-21-37)54-43(61)27-52-48(63)45(30(3)4)55-41(59)19-17-16-18-24-51-42(60)26-40-35(10)36(40)11/h20-23,30-33,35-36,39-40,45-47H,14-19,24-29H2,1-13H3,(H,51,60)(H,52,63)(H,53,64)(H,54,61)(H,55,59). The van der Waals surface area contributed by atoms with Gasteiger partial charge in [-0.15, -0.1) is 0 Å². The van der Waals surface area contributed by atoms with Gasteiger partial charge in [0.25, 0.3) is 0 Å². The summed E-state index contributed by atoms with van der Waals surface area (Å²) in [5, 5.41) is 13.8. The van der Waals surface area contributed by atoms with Crippen LogP contribution in [0, 0.1) is 47.3 Å². The summed E-state index contributed by atoms with van der Waals surface area (Å²) in [7, 11) is 3.20. The second-order valence-electron chi connectivity index (χ2n) is 19.4. The summed E-state index contributed by atoms with van der Waals surface area (Å²) in [4.78, 5) is 106. The molecule has 0 saturated heterocycles. The Hall–Kier alpha value is -5.02. The predicted octanol–water partition coefficient (Wildman–Crippen LogP) is 6.07. The molecule has 8 atom stereocenters. The first-order chi connectivity index (χ1) is 31.0. The van der Waals surface area contributed by atoms with E-state index in [-0.39, 0.29) is 85.3 Å². The fraction of sp³-hybridized carbons (Fsp3) is 0.720. The van der Waals surface area contributed by atoms with Gasteiger partial charge in [0.1, 0.15) is 24.5 Å². The first-order valence-electron chi connectivity index (χ1n) is 24.2. The van der Waals surface area contributed by atoms with Crippen LogP contribution in [0.2, 0.25) is 0 Å². The van der Waals surface area contributed by atoms with Crippen LogP contribution in [0.4, 0.5) is 10.5 Å². The number of carbonyl (C=O) groups excluding carboxylic acids is 8. The number of nitrogens with zero attached hydrogens (tertiary/aromatic N) is 2. The van der Waals surface area contributed by atoms with Crippen LogP contribution in [-0.2, 0) is 44.9 Å². The third-order valence-corrected chi connectivity index (χ3v) is 13.6. The van der Waals surface area contributed by atoms with E-state index < -0.39 is 35.9 Å². The van der Waals surface area contributed by atoms with Gasteiger partial charge in [0.2, 0.25) is 35.4 Å². The van der Waals surface area contributed by atoms with Gasteiger partial charge in [-0.3, -0.25) is 33.7 Å². The molecule has 1 aliphatic carbocycles. The highest BCUT2D eigenvalue weighted by molar-refractivity contribution is 5.96. The van der Waals surface area contributed by atoms with Crippen molar-refractivity contribution >= 4 is 53.0 Å². The number of amides is 7. The topological polar surface area (TPSA) is 212 Å². The van der Waals surface area contributed by atoms with Crippen LogP contribution in [0.1, 0.15) is 133 Å². The quantitative estimate of drug-likeness (QED) is 0.0589. The van der Waals surface area contributed by atoms with Crippen LogP contribution in [0.25, 0.3) is 0 Å². The van der Waals surface area contributed by atoms with Crippen LogP contribution < -0.4 is 26.6 Å². The fourth-order valence-corrected chi connectivity index (χ4v) is 8.66. The summed E-state index contributed by atoms with van der Waals surface area (Å²) >= 11 is 0. The first-order valence-corrected chi connectivity index (χ1v) is 24.2.